The molecule has 1 rings (SSSR count). The standard InChI is InChI=1S/C28H40N6O8.2ClH/c1-4-40-25(38)28(34-19(3)35,26(39)41-5-2)15-9-10-17-42-24(37)22(14-11-16-32-27(30)31)33-23(36)21(29)18-20-12-7-6-8-13-20;;/h6-8,12-13,21-22H,4-5,10-11,14,16-18,29H2,1-3H3,(H,33,36)(H,34,35)(H4,30,31,32);2*1H/t21-,22-;;/m0../s1. The number of carbonyl (C=O) groups excluding carboxylic acids is 5. The number of nitrogens with two attached hydrogens (primary N) is 3. The van der Waals surface area contributed by atoms with Crippen molar-refractivity contribution >= 4 is 60.5 Å². The summed E-state index contributed by atoms with van der Waals surface area (Å²) in [6.45, 7) is 3.95. The predicted octanol–water partition coefficient (Wildman–Crippen LogP) is -0.124. The second kappa shape index (κ2) is 22.5. The van der Waals surface area contributed by atoms with E-state index in [1.54, 1.807) is 0 Å². The highest BCUT2D eigenvalue weighted by molar-refractivity contribution is 6.11. The SMILES string of the molecule is CCOC(=O)C(C#CCCOC(=O)[C@H](CCCN=C(N)N)NC(=O)[C@@H](N)Cc1ccccc1)(NC(C)=O)C(=O)OCC.Cl.Cl. The number of nitrogens with one attached hydrogen (secondary N) is 2. The number of carbonyl (C=O) groups is 5. The molecule has 0 saturated carbocycles. The first-order chi connectivity index (χ1) is 20.0. The van der Waals surface area contributed by atoms with Crippen LogP contribution < -0.4 is 27.8 Å². The summed E-state index contributed by atoms with van der Waals surface area (Å²) in [5.74, 6) is 0.609. The molecule has 246 valence electrons. The first-order valence-corrected chi connectivity index (χ1v) is 13.4. The lowest BCUT2D eigenvalue weighted by atomic mass is 10.00. The third kappa shape index (κ3) is 14.9. The molecule has 0 fully saturated rings. The van der Waals surface area contributed by atoms with Crippen molar-refractivity contribution in [3.63, 3.8) is 0 Å². The zero-order valence-electron chi connectivity index (χ0n) is 25.0. The molecule has 0 saturated heterocycles. The fourth-order valence-corrected chi connectivity index (χ4v) is 3.55. The van der Waals surface area contributed by atoms with E-state index in [0.717, 1.165) is 12.5 Å². The minimum Gasteiger partial charge on any atom is -0.463 e. The van der Waals surface area contributed by atoms with E-state index in [4.69, 9.17) is 31.4 Å². The summed E-state index contributed by atoms with van der Waals surface area (Å²) in [5, 5.41) is 4.82. The lowest BCUT2D eigenvalue weighted by Gasteiger charge is -2.24. The Hall–Kier alpha value is -4.06. The summed E-state index contributed by atoms with van der Waals surface area (Å²) in [6, 6.07) is 7.19. The number of esters is 3. The van der Waals surface area contributed by atoms with E-state index in [-0.39, 0.29) is 76.4 Å². The summed E-state index contributed by atoms with van der Waals surface area (Å²) < 4.78 is 15.2. The molecule has 0 heterocycles. The fraction of sp³-hybridized carbons (Fsp3) is 0.500. The van der Waals surface area contributed by atoms with Crippen LogP contribution in [0.4, 0.5) is 0 Å². The van der Waals surface area contributed by atoms with Crippen LogP contribution in [0.3, 0.4) is 0 Å². The van der Waals surface area contributed by atoms with Crippen LogP contribution in [0, 0.1) is 11.8 Å². The fourth-order valence-electron chi connectivity index (χ4n) is 3.55. The zero-order valence-corrected chi connectivity index (χ0v) is 26.6. The molecule has 0 bridgehead atoms. The van der Waals surface area contributed by atoms with Crippen molar-refractivity contribution in [2.24, 2.45) is 22.2 Å². The van der Waals surface area contributed by atoms with Crippen molar-refractivity contribution in [2.45, 2.75) is 64.1 Å². The molecule has 16 heteroatoms. The van der Waals surface area contributed by atoms with Gasteiger partial charge < -0.3 is 42.0 Å². The van der Waals surface area contributed by atoms with Crippen molar-refractivity contribution in [3.05, 3.63) is 35.9 Å². The predicted molar refractivity (Wildman–Crippen MR) is 168 cm³/mol. The second-order valence-electron chi connectivity index (χ2n) is 8.90. The van der Waals surface area contributed by atoms with E-state index >= 15 is 0 Å². The number of amides is 2. The lowest BCUT2D eigenvalue weighted by molar-refractivity contribution is -0.164. The number of guanidine groups is 1. The van der Waals surface area contributed by atoms with Gasteiger partial charge in [-0.3, -0.25) is 14.6 Å². The number of nitrogens with zero attached hydrogens (tertiary/aromatic N) is 1. The van der Waals surface area contributed by atoms with Gasteiger partial charge in [-0.25, -0.2) is 14.4 Å². The number of aliphatic imine (C=N–C) groups is 1. The summed E-state index contributed by atoms with van der Waals surface area (Å²) in [4.78, 5) is 66.5. The van der Waals surface area contributed by atoms with Crippen molar-refractivity contribution in [2.75, 3.05) is 26.4 Å². The topological polar surface area (TPSA) is 228 Å². The molecule has 0 spiro atoms. The van der Waals surface area contributed by atoms with E-state index in [9.17, 15) is 24.0 Å². The van der Waals surface area contributed by atoms with E-state index in [1.807, 2.05) is 30.3 Å². The molecule has 1 aromatic rings. The molecular formula is C28H42Cl2N6O8. The van der Waals surface area contributed by atoms with Gasteiger partial charge in [0.25, 0.3) is 5.54 Å². The molecule has 0 unspecified atom stereocenters. The molecule has 14 nitrogen and oxygen atoms in total. The van der Waals surface area contributed by atoms with Gasteiger partial charge >= 0.3 is 17.9 Å². The number of benzene rings is 1. The van der Waals surface area contributed by atoms with Crippen molar-refractivity contribution in [1.29, 1.82) is 0 Å². The number of halogens is 2. The van der Waals surface area contributed by atoms with Crippen molar-refractivity contribution in [1.82, 2.24) is 10.6 Å². The van der Waals surface area contributed by atoms with Crippen LogP contribution in [-0.2, 0) is 44.6 Å². The van der Waals surface area contributed by atoms with Crippen LogP contribution >= 0.6 is 24.8 Å². The Bertz CT molecular complexity index is 1150. The summed E-state index contributed by atoms with van der Waals surface area (Å²) in [7, 11) is 0. The van der Waals surface area contributed by atoms with E-state index in [2.05, 4.69) is 27.5 Å². The van der Waals surface area contributed by atoms with Crippen LogP contribution in [0.15, 0.2) is 35.3 Å². The molecular weight excluding hydrogens is 619 g/mol. The van der Waals surface area contributed by atoms with Gasteiger partial charge in [-0.1, -0.05) is 42.2 Å². The van der Waals surface area contributed by atoms with Crippen LogP contribution in [0.1, 0.15) is 45.6 Å². The first-order valence-electron chi connectivity index (χ1n) is 13.4. The van der Waals surface area contributed by atoms with Gasteiger partial charge in [0.1, 0.15) is 12.6 Å². The maximum absolute atomic E-state index is 12.9. The average molecular weight is 662 g/mol. The van der Waals surface area contributed by atoms with Crippen LogP contribution in [0.2, 0.25) is 0 Å². The van der Waals surface area contributed by atoms with Gasteiger partial charge in [0, 0.05) is 19.9 Å². The number of hydrogen-bond acceptors (Lipinski definition) is 10. The Morgan fingerprint density at radius 2 is 1.57 bits per heavy atom. The first kappa shape index (κ1) is 42.1. The summed E-state index contributed by atoms with van der Waals surface area (Å²) in [5.41, 5.74) is 15.2. The Morgan fingerprint density at radius 3 is 2.09 bits per heavy atom. The molecule has 44 heavy (non-hydrogen) atoms. The van der Waals surface area contributed by atoms with E-state index in [1.165, 1.54) is 13.8 Å². The maximum Gasteiger partial charge on any atom is 0.356 e. The van der Waals surface area contributed by atoms with Crippen LogP contribution in [0.25, 0.3) is 0 Å². The Morgan fingerprint density at radius 1 is 0.977 bits per heavy atom. The van der Waals surface area contributed by atoms with Gasteiger partial charge in [0.05, 0.1) is 19.3 Å². The quantitative estimate of drug-likeness (QED) is 0.0298. The molecule has 0 radical (unpaired) electrons. The van der Waals surface area contributed by atoms with Gasteiger partial charge in [0.15, 0.2) is 5.96 Å². The van der Waals surface area contributed by atoms with Crippen LogP contribution in [0.5, 0.6) is 0 Å². The van der Waals surface area contributed by atoms with Gasteiger partial charge in [-0.2, -0.15) is 0 Å². The van der Waals surface area contributed by atoms with Gasteiger partial charge in [-0.15, -0.1) is 24.8 Å². The smallest absolute Gasteiger partial charge is 0.356 e. The zero-order chi connectivity index (χ0) is 31.5. The molecule has 0 aliphatic rings. The number of hydrogen-bond donors (Lipinski definition) is 5. The Labute approximate surface area is 269 Å². The number of ether oxygens (including phenoxy) is 3. The van der Waals surface area contributed by atoms with Crippen LogP contribution in [-0.4, -0.2) is 79.7 Å². The van der Waals surface area contributed by atoms with Crippen molar-refractivity contribution < 1.29 is 38.2 Å². The molecule has 8 N–H and O–H groups in total. The third-order valence-corrected chi connectivity index (χ3v) is 5.46. The minimum absolute atomic E-state index is 0. The normalized spacial score (nSPS) is 11.4. The van der Waals surface area contributed by atoms with E-state index < -0.39 is 47.3 Å². The largest absolute Gasteiger partial charge is 0.463 e. The highest BCUT2D eigenvalue weighted by Crippen LogP contribution is 2.11. The highest BCUT2D eigenvalue weighted by atomic mass is 35.5. The second-order valence-corrected chi connectivity index (χ2v) is 8.90. The molecule has 2 amide bonds. The highest BCUT2D eigenvalue weighted by Gasteiger charge is 2.49. The lowest BCUT2D eigenvalue weighted by Crippen LogP contribution is -2.60. The molecule has 0 aliphatic heterocycles. The average Bonchev–Trinajstić information content (AvgIpc) is 2.93. The van der Waals surface area contributed by atoms with E-state index in [0.29, 0.717) is 6.42 Å². The summed E-state index contributed by atoms with van der Waals surface area (Å²) in [6.07, 6.45) is 0.634. The molecule has 0 aliphatic carbocycles. The maximum atomic E-state index is 12.9. The summed E-state index contributed by atoms with van der Waals surface area (Å²) >= 11 is 0. The molecule has 0 aromatic heterocycles. The molecule has 2 atom stereocenters. The van der Waals surface area contributed by atoms with Crippen molar-refractivity contribution in [3.8, 4) is 11.8 Å². The monoisotopic (exact) mass is 660 g/mol. The van der Waals surface area contributed by atoms with Gasteiger partial charge in [0.2, 0.25) is 11.8 Å². The Kier molecular flexibility index (Phi) is 21.5. The van der Waals surface area contributed by atoms with Gasteiger partial charge in [-0.05, 0) is 38.7 Å². The Balaban J connectivity index is 0. The minimum atomic E-state index is -2.39. The molecule has 1 aromatic carbocycles. The number of rotatable bonds is 16. The third-order valence-electron chi connectivity index (χ3n) is 5.46.